The number of amides is 1. The maximum Gasteiger partial charge on any atom is 0.227 e. The third-order valence-corrected chi connectivity index (χ3v) is 3.52. The summed E-state index contributed by atoms with van der Waals surface area (Å²) < 4.78 is 0. The van der Waals surface area contributed by atoms with E-state index in [9.17, 15) is 4.79 Å². The molecule has 19 heavy (non-hydrogen) atoms. The quantitative estimate of drug-likeness (QED) is 0.857. The van der Waals surface area contributed by atoms with E-state index < -0.39 is 0 Å². The van der Waals surface area contributed by atoms with Crippen molar-refractivity contribution in [1.82, 2.24) is 5.32 Å². The zero-order valence-corrected chi connectivity index (χ0v) is 12.4. The first kappa shape index (κ1) is 15.7. The molecular formula is C16H26N2O. The van der Waals surface area contributed by atoms with Crippen molar-refractivity contribution in [2.45, 2.75) is 46.1 Å². The van der Waals surface area contributed by atoms with Crippen molar-refractivity contribution in [3.63, 3.8) is 0 Å². The minimum Gasteiger partial charge on any atom is -0.351 e. The van der Waals surface area contributed by atoms with Gasteiger partial charge in [0.25, 0.3) is 0 Å². The minimum absolute atomic E-state index is 0.00207. The molecule has 1 aromatic rings. The van der Waals surface area contributed by atoms with Crippen molar-refractivity contribution in [2.24, 2.45) is 11.1 Å². The van der Waals surface area contributed by atoms with Crippen molar-refractivity contribution in [3.05, 3.63) is 35.9 Å². The van der Waals surface area contributed by atoms with Crippen LogP contribution in [-0.2, 0) is 4.79 Å². The first-order valence-corrected chi connectivity index (χ1v) is 6.95. The van der Waals surface area contributed by atoms with Gasteiger partial charge in [0, 0.05) is 12.6 Å². The minimum atomic E-state index is -0.0994. The van der Waals surface area contributed by atoms with E-state index in [2.05, 4.69) is 26.1 Å². The Morgan fingerprint density at radius 3 is 2.26 bits per heavy atom. The molecule has 0 saturated heterocycles. The fraction of sp³-hybridized carbons (Fsp3) is 0.562. The molecule has 1 aromatic carbocycles. The normalized spacial score (nSPS) is 14.8. The van der Waals surface area contributed by atoms with E-state index in [-0.39, 0.29) is 23.3 Å². The standard InChI is InChI=1S/C16H26N2O/c1-5-13(12-9-7-6-8-10-12)15(19)18-14(11-17)16(2,3)4/h6-10,13-14H,5,11,17H2,1-4H3,(H,18,19). The molecule has 1 amide bonds. The second-order valence-corrected chi connectivity index (χ2v) is 6.03. The number of rotatable bonds is 5. The Morgan fingerprint density at radius 2 is 1.84 bits per heavy atom. The molecule has 106 valence electrons. The predicted molar refractivity (Wildman–Crippen MR) is 79.9 cm³/mol. The van der Waals surface area contributed by atoms with E-state index in [1.807, 2.05) is 37.3 Å². The number of benzene rings is 1. The molecule has 0 aliphatic heterocycles. The number of hydrogen-bond acceptors (Lipinski definition) is 2. The van der Waals surface area contributed by atoms with Gasteiger partial charge in [0.15, 0.2) is 0 Å². The zero-order chi connectivity index (χ0) is 14.5. The van der Waals surface area contributed by atoms with Crippen molar-refractivity contribution in [1.29, 1.82) is 0 Å². The fourth-order valence-electron chi connectivity index (χ4n) is 2.16. The highest BCUT2D eigenvalue weighted by atomic mass is 16.1. The monoisotopic (exact) mass is 262 g/mol. The van der Waals surface area contributed by atoms with Gasteiger partial charge in [0.05, 0.1) is 5.92 Å². The molecule has 1 rings (SSSR count). The molecule has 3 heteroatoms. The first-order chi connectivity index (χ1) is 8.90. The van der Waals surface area contributed by atoms with Crippen molar-refractivity contribution in [3.8, 4) is 0 Å². The van der Waals surface area contributed by atoms with Gasteiger partial charge < -0.3 is 11.1 Å². The first-order valence-electron chi connectivity index (χ1n) is 6.95. The topological polar surface area (TPSA) is 55.1 Å². The predicted octanol–water partition coefficient (Wildman–Crippen LogP) is 2.67. The maximum absolute atomic E-state index is 12.4. The third-order valence-electron chi connectivity index (χ3n) is 3.52. The van der Waals surface area contributed by atoms with Crippen LogP contribution in [-0.4, -0.2) is 18.5 Å². The highest BCUT2D eigenvalue weighted by Gasteiger charge is 2.27. The lowest BCUT2D eigenvalue weighted by molar-refractivity contribution is -0.124. The van der Waals surface area contributed by atoms with E-state index in [0.717, 1.165) is 12.0 Å². The number of hydrogen-bond donors (Lipinski definition) is 2. The van der Waals surface area contributed by atoms with Crippen LogP contribution in [0.3, 0.4) is 0 Å². The molecule has 3 nitrogen and oxygen atoms in total. The van der Waals surface area contributed by atoms with Crippen LogP contribution in [0.4, 0.5) is 0 Å². The number of nitrogens with one attached hydrogen (secondary N) is 1. The van der Waals surface area contributed by atoms with Crippen molar-refractivity contribution >= 4 is 5.91 Å². The molecule has 2 unspecified atom stereocenters. The fourth-order valence-corrected chi connectivity index (χ4v) is 2.16. The summed E-state index contributed by atoms with van der Waals surface area (Å²) in [6, 6.07) is 9.90. The summed E-state index contributed by atoms with van der Waals surface area (Å²) in [5.74, 6) is -0.0309. The molecule has 3 N–H and O–H groups in total. The summed E-state index contributed by atoms with van der Waals surface area (Å²) in [4.78, 5) is 12.4. The van der Waals surface area contributed by atoms with Crippen LogP contribution in [0.1, 0.15) is 45.6 Å². The molecule has 0 bridgehead atoms. The lowest BCUT2D eigenvalue weighted by atomic mass is 9.86. The molecule has 0 fully saturated rings. The Kier molecular flexibility index (Phi) is 5.55. The number of carbonyl (C=O) groups excluding carboxylic acids is 1. The van der Waals surface area contributed by atoms with E-state index in [0.29, 0.717) is 6.54 Å². The van der Waals surface area contributed by atoms with Gasteiger partial charge in [-0.05, 0) is 17.4 Å². The van der Waals surface area contributed by atoms with Crippen LogP contribution in [0.15, 0.2) is 30.3 Å². The molecule has 0 spiro atoms. The average Bonchev–Trinajstić information content (AvgIpc) is 2.36. The Labute approximate surface area is 116 Å². The van der Waals surface area contributed by atoms with Gasteiger partial charge in [0.1, 0.15) is 0 Å². The molecular weight excluding hydrogens is 236 g/mol. The van der Waals surface area contributed by atoms with Gasteiger partial charge in [-0.25, -0.2) is 0 Å². The van der Waals surface area contributed by atoms with Gasteiger partial charge in [-0.1, -0.05) is 58.0 Å². The van der Waals surface area contributed by atoms with E-state index in [4.69, 9.17) is 5.73 Å². The smallest absolute Gasteiger partial charge is 0.227 e. The maximum atomic E-state index is 12.4. The Balaban J connectivity index is 2.80. The van der Waals surface area contributed by atoms with Gasteiger partial charge in [-0.2, -0.15) is 0 Å². The molecule has 2 atom stereocenters. The van der Waals surface area contributed by atoms with Crippen LogP contribution in [0.5, 0.6) is 0 Å². The Morgan fingerprint density at radius 1 is 1.26 bits per heavy atom. The second-order valence-electron chi connectivity index (χ2n) is 6.03. The SMILES string of the molecule is CCC(C(=O)NC(CN)C(C)(C)C)c1ccccc1. The van der Waals surface area contributed by atoms with E-state index >= 15 is 0 Å². The highest BCUT2D eigenvalue weighted by molar-refractivity contribution is 5.83. The summed E-state index contributed by atoms with van der Waals surface area (Å²) in [6.45, 7) is 8.77. The molecule has 0 heterocycles. The van der Waals surface area contributed by atoms with Gasteiger partial charge in [0.2, 0.25) is 5.91 Å². The van der Waals surface area contributed by atoms with Crippen LogP contribution >= 0.6 is 0 Å². The van der Waals surface area contributed by atoms with Crippen LogP contribution in [0.2, 0.25) is 0 Å². The number of nitrogens with two attached hydrogens (primary N) is 1. The zero-order valence-electron chi connectivity index (χ0n) is 12.4. The summed E-state index contributed by atoms with van der Waals surface area (Å²) in [6.07, 6.45) is 0.789. The molecule has 0 aliphatic carbocycles. The van der Waals surface area contributed by atoms with Crippen molar-refractivity contribution < 1.29 is 4.79 Å². The lowest BCUT2D eigenvalue weighted by Crippen LogP contribution is -2.49. The van der Waals surface area contributed by atoms with Gasteiger partial charge in [-0.3, -0.25) is 4.79 Å². The Hall–Kier alpha value is -1.35. The molecule has 0 aromatic heterocycles. The van der Waals surface area contributed by atoms with Gasteiger partial charge >= 0.3 is 0 Å². The summed E-state index contributed by atoms with van der Waals surface area (Å²) >= 11 is 0. The molecule has 0 saturated carbocycles. The molecule has 0 aliphatic rings. The highest BCUT2D eigenvalue weighted by Crippen LogP contribution is 2.22. The summed E-state index contributed by atoms with van der Waals surface area (Å²) in [5, 5.41) is 3.09. The van der Waals surface area contributed by atoms with Crippen LogP contribution in [0, 0.1) is 5.41 Å². The molecule has 0 radical (unpaired) electrons. The summed E-state index contributed by atoms with van der Waals surface area (Å²) in [7, 11) is 0. The third kappa shape index (κ3) is 4.35. The summed E-state index contributed by atoms with van der Waals surface area (Å²) in [5.41, 5.74) is 6.81. The van der Waals surface area contributed by atoms with E-state index in [1.54, 1.807) is 0 Å². The van der Waals surface area contributed by atoms with Crippen LogP contribution in [0.25, 0.3) is 0 Å². The average molecular weight is 262 g/mol. The van der Waals surface area contributed by atoms with E-state index in [1.165, 1.54) is 0 Å². The lowest BCUT2D eigenvalue weighted by Gasteiger charge is -2.31. The van der Waals surface area contributed by atoms with Crippen molar-refractivity contribution in [2.75, 3.05) is 6.54 Å². The Bertz CT molecular complexity index is 395. The largest absolute Gasteiger partial charge is 0.351 e. The van der Waals surface area contributed by atoms with Gasteiger partial charge in [-0.15, -0.1) is 0 Å². The number of carbonyl (C=O) groups is 1. The van der Waals surface area contributed by atoms with Crippen LogP contribution < -0.4 is 11.1 Å². The second kappa shape index (κ2) is 6.71.